The molecular weight excluding hydrogens is 266 g/mol. The molecule has 0 aliphatic carbocycles. The number of nitrogens with two attached hydrogens (primary N) is 1. The van der Waals surface area contributed by atoms with Crippen LogP contribution in [-0.2, 0) is 11.3 Å². The van der Waals surface area contributed by atoms with Crippen LogP contribution in [0.25, 0.3) is 11.4 Å². The molecule has 2 aromatic rings. The van der Waals surface area contributed by atoms with Crippen molar-refractivity contribution in [2.24, 2.45) is 0 Å². The molecule has 2 rings (SSSR count). The van der Waals surface area contributed by atoms with E-state index in [1.165, 1.54) is 0 Å². The zero-order chi connectivity index (χ0) is 14.0. The summed E-state index contributed by atoms with van der Waals surface area (Å²) in [6.45, 7) is 4.47. The Hall–Kier alpha value is -1.66. The number of hydrogen-bond acceptors (Lipinski definition) is 5. The van der Waals surface area contributed by atoms with Gasteiger partial charge in [-0.05, 0) is 42.5 Å². The molecule has 102 valence electrons. The largest absolute Gasteiger partial charge is 0.398 e. The number of benzene rings is 1. The van der Waals surface area contributed by atoms with Crippen LogP contribution < -0.4 is 5.73 Å². The van der Waals surface area contributed by atoms with Crippen LogP contribution in [0.2, 0.25) is 5.02 Å². The van der Waals surface area contributed by atoms with Gasteiger partial charge in [-0.15, -0.1) is 5.10 Å². The number of nitrogen functional groups attached to an aromatic ring is 1. The highest BCUT2D eigenvalue weighted by Crippen LogP contribution is 2.26. The van der Waals surface area contributed by atoms with E-state index in [-0.39, 0.29) is 5.60 Å². The number of rotatable bonds is 4. The smallest absolute Gasteiger partial charge is 0.182 e. The molecule has 0 amide bonds. The Morgan fingerprint density at radius 3 is 2.79 bits per heavy atom. The number of halogens is 1. The fourth-order valence-electron chi connectivity index (χ4n) is 1.61. The van der Waals surface area contributed by atoms with Crippen LogP contribution in [0, 0.1) is 0 Å². The van der Waals surface area contributed by atoms with Crippen LogP contribution >= 0.6 is 11.6 Å². The first kappa shape index (κ1) is 13.8. The van der Waals surface area contributed by atoms with Crippen molar-refractivity contribution < 1.29 is 4.74 Å². The number of ether oxygens (including phenoxy) is 1. The second-order valence-electron chi connectivity index (χ2n) is 4.86. The molecule has 0 bridgehead atoms. The van der Waals surface area contributed by atoms with Gasteiger partial charge in [-0.25, -0.2) is 4.68 Å². The lowest BCUT2D eigenvalue weighted by atomic mass is 10.1. The van der Waals surface area contributed by atoms with E-state index in [1.54, 1.807) is 23.9 Å². The van der Waals surface area contributed by atoms with Crippen LogP contribution in [-0.4, -0.2) is 32.9 Å². The summed E-state index contributed by atoms with van der Waals surface area (Å²) in [6.07, 6.45) is 0. The quantitative estimate of drug-likeness (QED) is 0.867. The average Bonchev–Trinajstić information content (AvgIpc) is 2.80. The van der Waals surface area contributed by atoms with Crippen molar-refractivity contribution in [3.05, 3.63) is 23.2 Å². The third-order valence-electron chi connectivity index (χ3n) is 2.87. The van der Waals surface area contributed by atoms with Gasteiger partial charge in [0, 0.05) is 12.7 Å². The minimum Gasteiger partial charge on any atom is -0.398 e. The van der Waals surface area contributed by atoms with Crippen molar-refractivity contribution in [2.75, 3.05) is 12.8 Å². The minimum absolute atomic E-state index is 0.359. The van der Waals surface area contributed by atoms with Crippen molar-refractivity contribution in [1.82, 2.24) is 20.2 Å². The van der Waals surface area contributed by atoms with Crippen LogP contribution in [0.1, 0.15) is 13.8 Å². The van der Waals surface area contributed by atoms with E-state index in [0.717, 1.165) is 5.56 Å². The topological polar surface area (TPSA) is 78.8 Å². The fraction of sp³-hybridized carbons (Fsp3) is 0.417. The lowest BCUT2D eigenvalue weighted by Gasteiger charge is -2.22. The lowest BCUT2D eigenvalue weighted by Crippen LogP contribution is -2.30. The third-order valence-corrected chi connectivity index (χ3v) is 3.20. The average molecular weight is 282 g/mol. The van der Waals surface area contributed by atoms with E-state index in [0.29, 0.717) is 23.1 Å². The van der Waals surface area contributed by atoms with Crippen molar-refractivity contribution in [3.63, 3.8) is 0 Å². The zero-order valence-corrected chi connectivity index (χ0v) is 11.8. The Balaban J connectivity index is 2.36. The first-order chi connectivity index (χ1) is 8.93. The second kappa shape index (κ2) is 5.14. The monoisotopic (exact) mass is 281 g/mol. The number of aromatic nitrogens is 4. The van der Waals surface area contributed by atoms with Crippen LogP contribution in [0.5, 0.6) is 0 Å². The van der Waals surface area contributed by atoms with Crippen LogP contribution in [0.4, 0.5) is 5.69 Å². The number of hydrogen-bond donors (Lipinski definition) is 1. The molecule has 19 heavy (non-hydrogen) atoms. The number of anilines is 1. The maximum absolute atomic E-state index is 6.02. The molecule has 0 spiro atoms. The van der Waals surface area contributed by atoms with Gasteiger partial charge in [-0.2, -0.15) is 0 Å². The molecule has 0 unspecified atom stereocenters. The molecule has 0 aliphatic rings. The maximum Gasteiger partial charge on any atom is 0.182 e. The van der Waals surface area contributed by atoms with E-state index in [9.17, 15) is 0 Å². The SMILES string of the molecule is COC(C)(C)Cn1nnnc1-c1ccc(N)c(Cl)c1. The van der Waals surface area contributed by atoms with Gasteiger partial charge in [-0.1, -0.05) is 11.6 Å². The summed E-state index contributed by atoms with van der Waals surface area (Å²) < 4.78 is 7.07. The molecule has 0 atom stereocenters. The number of tetrazole rings is 1. The number of methoxy groups -OCH3 is 1. The van der Waals surface area contributed by atoms with Gasteiger partial charge in [0.15, 0.2) is 5.82 Å². The summed E-state index contributed by atoms with van der Waals surface area (Å²) in [6, 6.07) is 5.32. The Labute approximate surface area is 116 Å². The van der Waals surface area contributed by atoms with E-state index < -0.39 is 0 Å². The second-order valence-corrected chi connectivity index (χ2v) is 5.27. The summed E-state index contributed by atoms with van der Waals surface area (Å²) in [5.74, 6) is 0.632. The first-order valence-corrected chi connectivity index (χ1v) is 6.17. The van der Waals surface area contributed by atoms with Crippen molar-refractivity contribution in [1.29, 1.82) is 0 Å². The third kappa shape index (κ3) is 3.02. The Morgan fingerprint density at radius 1 is 1.42 bits per heavy atom. The van der Waals surface area contributed by atoms with E-state index in [2.05, 4.69) is 15.5 Å². The van der Waals surface area contributed by atoms with Gasteiger partial charge in [0.1, 0.15) is 0 Å². The highest BCUT2D eigenvalue weighted by atomic mass is 35.5. The molecule has 0 radical (unpaired) electrons. The molecule has 6 nitrogen and oxygen atoms in total. The summed E-state index contributed by atoms with van der Waals surface area (Å²) in [5.41, 5.74) is 6.68. The predicted molar refractivity (Wildman–Crippen MR) is 73.8 cm³/mol. The molecule has 1 aromatic heterocycles. The van der Waals surface area contributed by atoms with E-state index in [1.807, 2.05) is 19.9 Å². The van der Waals surface area contributed by atoms with Crippen LogP contribution in [0.15, 0.2) is 18.2 Å². The summed E-state index contributed by atoms with van der Waals surface area (Å²) in [7, 11) is 1.66. The van der Waals surface area contributed by atoms with Gasteiger partial charge in [0.2, 0.25) is 0 Å². The molecule has 1 aromatic carbocycles. The van der Waals surface area contributed by atoms with Gasteiger partial charge < -0.3 is 10.5 Å². The van der Waals surface area contributed by atoms with Gasteiger partial charge >= 0.3 is 0 Å². The standard InChI is InChI=1S/C12H16ClN5O/c1-12(2,19-3)7-18-11(15-16-17-18)8-4-5-10(14)9(13)6-8/h4-6H,7,14H2,1-3H3. The highest BCUT2D eigenvalue weighted by molar-refractivity contribution is 6.33. The summed E-state index contributed by atoms with van der Waals surface area (Å²) in [4.78, 5) is 0. The molecule has 1 heterocycles. The molecule has 7 heteroatoms. The maximum atomic E-state index is 6.02. The van der Waals surface area contributed by atoms with Crippen LogP contribution in [0.3, 0.4) is 0 Å². The van der Waals surface area contributed by atoms with Gasteiger partial charge in [-0.3, -0.25) is 0 Å². The molecule has 0 saturated carbocycles. The highest BCUT2D eigenvalue weighted by Gasteiger charge is 2.21. The van der Waals surface area contributed by atoms with E-state index in [4.69, 9.17) is 22.1 Å². The van der Waals surface area contributed by atoms with Crippen molar-refractivity contribution in [3.8, 4) is 11.4 Å². The molecular formula is C12H16ClN5O. The van der Waals surface area contributed by atoms with Gasteiger partial charge in [0.25, 0.3) is 0 Å². The minimum atomic E-state index is -0.359. The Bertz CT molecular complexity index is 581. The number of nitrogens with zero attached hydrogens (tertiary/aromatic N) is 4. The van der Waals surface area contributed by atoms with Gasteiger partial charge in [0.05, 0.1) is 22.9 Å². The molecule has 0 aliphatic heterocycles. The summed E-state index contributed by atoms with van der Waals surface area (Å²) in [5, 5.41) is 12.2. The summed E-state index contributed by atoms with van der Waals surface area (Å²) >= 11 is 6.02. The first-order valence-electron chi connectivity index (χ1n) is 5.80. The Kier molecular flexibility index (Phi) is 3.73. The van der Waals surface area contributed by atoms with Crippen molar-refractivity contribution >= 4 is 17.3 Å². The Morgan fingerprint density at radius 2 is 2.16 bits per heavy atom. The normalized spacial score (nSPS) is 11.8. The predicted octanol–water partition coefficient (Wildman–Crippen LogP) is 2.00. The molecule has 0 saturated heterocycles. The molecule has 2 N–H and O–H groups in total. The van der Waals surface area contributed by atoms with E-state index >= 15 is 0 Å². The fourth-order valence-corrected chi connectivity index (χ4v) is 1.79. The van der Waals surface area contributed by atoms with Crippen molar-refractivity contribution in [2.45, 2.75) is 26.0 Å². The lowest BCUT2D eigenvalue weighted by molar-refractivity contribution is 0.00538. The molecule has 0 fully saturated rings. The zero-order valence-electron chi connectivity index (χ0n) is 11.1.